The van der Waals surface area contributed by atoms with Gasteiger partial charge in [0, 0.05) is 36.9 Å². The summed E-state index contributed by atoms with van der Waals surface area (Å²) in [6, 6.07) is 11.4. The predicted octanol–water partition coefficient (Wildman–Crippen LogP) is 5.16. The third kappa shape index (κ3) is 3.94. The lowest BCUT2D eigenvalue weighted by Crippen LogP contribution is -2.23. The third-order valence-electron chi connectivity index (χ3n) is 4.88. The Labute approximate surface area is 162 Å². The number of thiophene rings is 1. The van der Waals surface area contributed by atoms with Crippen LogP contribution in [0, 0.1) is 12.7 Å². The van der Waals surface area contributed by atoms with Crippen molar-refractivity contribution < 1.29 is 4.39 Å². The molecule has 27 heavy (non-hydrogen) atoms. The first-order valence-electron chi connectivity index (χ1n) is 9.00. The average Bonchev–Trinajstić information content (AvgIpc) is 3.27. The lowest BCUT2D eigenvalue weighted by atomic mass is 10.0. The van der Waals surface area contributed by atoms with E-state index in [2.05, 4.69) is 45.5 Å². The van der Waals surface area contributed by atoms with Gasteiger partial charge in [0.05, 0.1) is 11.7 Å². The van der Waals surface area contributed by atoms with Crippen LogP contribution >= 0.6 is 11.3 Å². The summed E-state index contributed by atoms with van der Waals surface area (Å²) in [5.41, 5.74) is 5.60. The lowest BCUT2D eigenvalue weighted by Gasteiger charge is -2.18. The molecule has 0 saturated carbocycles. The van der Waals surface area contributed by atoms with Crippen molar-refractivity contribution in [1.82, 2.24) is 14.9 Å². The van der Waals surface area contributed by atoms with E-state index in [1.54, 1.807) is 17.4 Å². The van der Waals surface area contributed by atoms with E-state index in [0.29, 0.717) is 6.54 Å². The number of aromatic nitrogens is 2. The second kappa shape index (κ2) is 7.62. The van der Waals surface area contributed by atoms with Crippen molar-refractivity contribution in [2.24, 2.45) is 7.05 Å². The van der Waals surface area contributed by atoms with E-state index in [1.165, 1.54) is 11.6 Å². The number of rotatable bonds is 6. The van der Waals surface area contributed by atoms with E-state index < -0.39 is 0 Å². The number of benzene rings is 1. The Balaban J connectivity index is 1.60. The zero-order valence-electron chi connectivity index (χ0n) is 15.4. The first kappa shape index (κ1) is 17.9. The molecule has 0 aliphatic heterocycles. The highest BCUT2D eigenvalue weighted by molar-refractivity contribution is 7.07. The molecule has 1 aromatic carbocycles. The molecule has 5 heteroatoms. The minimum absolute atomic E-state index is 0.101. The van der Waals surface area contributed by atoms with Crippen LogP contribution in [0.25, 0.3) is 10.9 Å². The quantitative estimate of drug-likeness (QED) is 0.502. The molecular weight excluding hydrogens is 357 g/mol. The topological polar surface area (TPSA) is 29.9 Å². The average molecular weight is 380 g/mol. The third-order valence-corrected chi connectivity index (χ3v) is 5.62. The molecule has 0 unspecified atom stereocenters. The van der Waals surface area contributed by atoms with Gasteiger partial charge in [0.2, 0.25) is 0 Å². The predicted molar refractivity (Wildman–Crippen MR) is 109 cm³/mol. The van der Waals surface area contributed by atoms with Crippen molar-refractivity contribution in [2.75, 3.05) is 0 Å². The van der Waals surface area contributed by atoms with E-state index in [-0.39, 0.29) is 11.9 Å². The van der Waals surface area contributed by atoms with Crippen LogP contribution in [-0.2, 0) is 20.0 Å². The minimum atomic E-state index is -0.204. The summed E-state index contributed by atoms with van der Waals surface area (Å²) in [7, 11) is 1.99. The maximum Gasteiger partial charge on any atom is 0.123 e. The fourth-order valence-electron chi connectivity index (χ4n) is 3.43. The molecule has 1 atom stereocenters. The summed E-state index contributed by atoms with van der Waals surface area (Å²) in [5, 5.41) is 8.87. The zero-order chi connectivity index (χ0) is 18.8. The molecule has 138 valence electrons. The summed E-state index contributed by atoms with van der Waals surface area (Å²) < 4.78 is 15.8. The minimum Gasteiger partial charge on any atom is -0.350 e. The summed E-state index contributed by atoms with van der Waals surface area (Å²) in [5.74, 6) is -0.204. The van der Waals surface area contributed by atoms with E-state index in [4.69, 9.17) is 0 Å². The van der Waals surface area contributed by atoms with Gasteiger partial charge >= 0.3 is 0 Å². The number of nitrogens with one attached hydrogen (secondary N) is 1. The normalized spacial score (nSPS) is 12.6. The molecule has 0 aliphatic carbocycles. The van der Waals surface area contributed by atoms with Gasteiger partial charge in [0.25, 0.3) is 0 Å². The molecule has 1 N–H and O–H groups in total. The van der Waals surface area contributed by atoms with Gasteiger partial charge in [-0.15, -0.1) is 0 Å². The molecule has 0 fully saturated rings. The number of aryl methyl sites for hydroxylation is 2. The molecule has 3 nitrogen and oxygen atoms in total. The largest absolute Gasteiger partial charge is 0.350 e. The number of hydrogen-bond donors (Lipinski definition) is 1. The summed E-state index contributed by atoms with van der Waals surface area (Å²) in [4.78, 5) is 4.63. The zero-order valence-corrected chi connectivity index (χ0v) is 16.3. The van der Waals surface area contributed by atoms with Gasteiger partial charge in [0.15, 0.2) is 0 Å². The van der Waals surface area contributed by atoms with Crippen molar-refractivity contribution in [3.8, 4) is 0 Å². The van der Waals surface area contributed by atoms with E-state index >= 15 is 0 Å². The second-order valence-electron chi connectivity index (χ2n) is 6.96. The second-order valence-corrected chi connectivity index (χ2v) is 7.74. The van der Waals surface area contributed by atoms with Crippen molar-refractivity contribution in [3.05, 3.63) is 87.8 Å². The summed E-state index contributed by atoms with van der Waals surface area (Å²) in [6.45, 7) is 2.70. The van der Waals surface area contributed by atoms with Gasteiger partial charge in [-0.1, -0.05) is 6.07 Å². The van der Waals surface area contributed by atoms with Crippen LogP contribution in [-0.4, -0.2) is 9.55 Å². The fourth-order valence-corrected chi connectivity index (χ4v) is 4.11. The standard InChI is InChI=1S/C22H22FN3S/c1-15-3-5-20(24-11-15)21(9-16-7-8-27-14-16)25-12-17-13-26(2)22-6-4-18(23)10-19(17)22/h3-8,10-11,13-14,21,25H,9,12H2,1-2H3/t21-/m0/s1. The SMILES string of the molecule is Cc1ccc([C@H](Cc2ccsc2)NCc2cn(C)c3ccc(F)cc23)nc1. The maximum absolute atomic E-state index is 13.7. The molecule has 0 saturated heterocycles. The highest BCUT2D eigenvalue weighted by Crippen LogP contribution is 2.24. The number of nitrogens with zero attached hydrogens (tertiary/aromatic N) is 2. The van der Waals surface area contributed by atoms with Crippen LogP contribution < -0.4 is 5.32 Å². The monoisotopic (exact) mass is 379 g/mol. The molecule has 0 spiro atoms. The fraction of sp³-hybridized carbons (Fsp3) is 0.227. The van der Waals surface area contributed by atoms with Crippen molar-refractivity contribution in [2.45, 2.75) is 25.9 Å². The van der Waals surface area contributed by atoms with E-state index in [1.807, 2.05) is 30.8 Å². The Bertz CT molecular complexity index is 1040. The van der Waals surface area contributed by atoms with Crippen molar-refractivity contribution in [1.29, 1.82) is 0 Å². The summed E-state index contributed by atoms with van der Waals surface area (Å²) in [6.07, 6.45) is 4.85. The Morgan fingerprint density at radius 1 is 1.22 bits per heavy atom. The first-order valence-corrected chi connectivity index (χ1v) is 9.95. The Hall–Kier alpha value is -2.50. The molecular formula is C22H22FN3S. The number of halogens is 1. The van der Waals surface area contributed by atoms with E-state index in [9.17, 15) is 4.39 Å². The number of hydrogen-bond acceptors (Lipinski definition) is 3. The van der Waals surface area contributed by atoms with Crippen LogP contribution in [0.3, 0.4) is 0 Å². The molecule has 4 aromatic rings. The maximum atomic E-state index is 13.7. The number of fused-ring (bicyclic) bond motifs is 1. The van der Waals surface area contributed by atoms with Gasteiger partial charge in [-0.05, 0) is 71.1 Å². The molecule has 0 bridgehead atoms. The van der Waals surface area contributed by atoms with Crippen molar-refractivity contribution in [3.63, 3.8) is 0 Å². The van der Waals surface area contributed by atoms with Crippen LogP contribution in [0.5, 0.6) is 0 Å². The highest BCUT2D eigenvalue weighted by Gasteiger charge is 2.15. The number of pyridine rings is 1. The van der Waals surface area contributed by atoms with Crippen molar-refractivity contribution >= 4 is 22.2 Å². The van der Waals surface area contributed by atoms with Gasteiger partial charge in [-0.25, -0.2) is 4.39 Å². The van der Waals surface area contributed by atoms with Gasteiger partial charge in [-0.2, -0.15) is 11.3 Å². The Kier molecular flexibility index (Phi) is 5.05. The Morgan fingerprint density at radius 3 is 2.85 bits per heavy atom. The first-order chi connectivity index (χ1) is 13.1. The molecule has 0 aliphatic rings. The molecule has 3 heterocycles. The van der Waals surface area contributed by atoms with Crippen LogP contribution in [0.4, 0.5) is 4.39 Å². The molecule has 0 radical (unpaired) electrons. The molecule has 3 aromatic heterocycles. The molecule has 4 rings (SSSR count). The van der Waals surface area contributed by atoms with E-state index in [0.717, 1.165) is 34.1 Å². The van der Waals surface area contributed by atoms with Crippen LogP contribution in [0.2, 0.25) is 0 Å². The van der Waals surface area contributed by atoms with Gasteiger partial charge in [0.1, 0.15) is 5.82 Å². The summed E-state index contributed by atoms with van der Waals surface area (Å²) >= 11 is 1.71. The Morgan fingerprint density at radius 2 is 2.11 bits per heavy atom. The van der Waals surface area contributed by atoms with Crippen LogP contribution in [0.1, 0.15) is 28.4 Å². The molecule has 0 amide bonds. The lowest BCUT2D eigenvalue weighted by molar-refractivity contribution is 0.519. The smallest absolute Gasteiger partial charge is 0.123 e. The highest BCUT2D eigenvalue weighted by atomic mass is 32.1. The van der Waals surface area contributed by atoms with Crippen LogP contribution in [0.15, 0.2) is 59.6 Å². The van der Waals surface area contributed by atoms with Gasteiger partial charge in [-0.3, -0.25) is 4.98 Å². The van der Waals surface area contributed by atoms with Gasteiger partial charge < -0.3 is 9.88 Å².